The molecule has 20 heavy (non-hydrogen) atoms. The number of nitriles is 2. The van der Waals surface area contributed by atoms with E-state index in [2.05, 4.69) is 63.9 Å². The smallest absolute Gasteiger partial charge is 0.168 e. The molecular weight excluding hydrogens is 248 g/mol. The van der Waals surface area contributed by atoms with E-state index in [1.165, 1.54) is 0 Å². The van der Waals surface area contributed by atoms with Crippen LogP contribution in [0.25, 0.3) is 0 Å². The van der Waals surface area contributed by atoms with Crippen molar-refractivity contribution in [3.63, 3.8) is 0 Å². The normalized spacial score (nSPS) is 16.8. The standard InChI is InChI=1S/C16H28N4/c1-13(2,3)12(14(4,5)6)16(9,11-18)20-19-15(7,8)10-17/h12H,1-9H3. The van der Waals surface area contributed by atoms with Gasteiger partial charge in [-0.25, -0.2) is 0 Å². The number of nitrogens with zero attached hydrogens (tertiary/aromatic N) is 4. The third-order valence-corrected chi connectivity index (χ3v) is 3.30. The Hall–Kier alpha value is -1.42. The van der Waals surface area contributed by atoms with E-state index in [4.69, 9.17) is 5.26 Å². The molecule has 0 saturated heterocycles. The molecule has 0 aromatic carbocycles. The lowest BCUT2D eigenvalue weighted by Crippen LogP contribution is -2.47. The molecule has 0 aliphatic carbocycles. The maximum Gasteiger partial charge on any atom is 0.168 e. The minimum atomic E-state index is -0.954. The van der Waals surface area contributed by atoms with Crippen molar-refractivity contribution in [1.29, 1.82) is 10.5 Å². The lowest BCUT2D eigenvalue weighted by Gasteiger charge is -2.46. The van der Waals surface area contributed by atoms with Crippen LogP contribution < -0.4 is 0 Å². The SMILES string of the molecule is CC(C)(C#N)N=NC(C)(C#N)C(C(C)(C)C)C(C)(C)C. The van der Waals surface area contributed by atoms with Gasteiger partial charge in [0.15, 0.2) is 11.1 Å². The lowest BCUT2D eigenvalue weighted by atomic mass is 9.59. The predicted molar refractivity (Wildman–Crippen MR) is 81.0 cm³/mol. The van der Waals surface area contributed by atoms with Gasteiger partial charge in [-0.15, -0.1) is 0 Å². The van der Waals surface area contributed by atoms with Crippen LogP contribution in [-0.2, 0) is 0 Å². The van der Waals surface area contributed by atoms with E-state index >= 15 is 0 Å². The zero-order valence-electron chi connectivity index (χ0n) is 14.4. The van der Waals surface area contributed by atoms with Gasteiger partial charge in [-0.05, 0) is 31.6 Å². The fourth-order valence-electron chi connectivity index (χ4n) is 3.38. The van der Waals surface area contributed by atoms with Crippen LogP contribution >= 0.6 is 0 Å². The first-order chi connectivity index (χ1) is 8.69. The average molecular weight is 276 g/mol. The number of azo groups is 1. The van der Waals surface area contributed by atoms with E-state index in [0.29, 0.717) is 0 Å². The summed E-state index contributed by atoms with van der Waals surface area (Å²) in [6, 6.07) is 4.40. The van der Waals surface area contributed by atoms with Gasteiger partial charge in [-0.3, -0.25) is 0 Å². The minimum Gasteiger partial charge on any atom is -0.196 e. The summed E-state index contributed by atoms with van der Waals surface area (Å²) in [5.74, 6) is 0.00532. The number of hydrogen-bond donors (Lipinski definition) is 0. The van der Waals surface area contributed by atoms with Crippen LogP contribution in [0.5, 0.6) is 0 Å². The largest absolute Gasteiger partial charge is 0.196 e. The van der Waals surface area contributed by atoms with Crippen molar-refractivity contribution in [3.8, 4) is 12.1 Å². The van der Waals surface area contributed by atoms with Crippen molar-refractivity contribution in [2.24, 2.45) is 27.0 Å². The molecule has 4 nitrogen and oxygen atoms in total. The molecule has 0 fully saturated rings. The van der Waals surface area contributed by atoms with E-state index in [1.54, 1.807) is 13.8 Å². The molecule has 0 aliphatic heterocycles. The molecule has 0 N–H and O–H groups in total. The van der Waals surface area contributed by atoms with Gasteiger partial charge in [-0.1, -0.05) is 41.5 Å². The molecule has 1 atom stereocenters. The van der Waals surface area contributed by atoms with Gasteiger partial charge in [0, 0.05) is 5.92 Å². The van der Waals surface area contributed by atoms with Crippen LogP contribution in [0.3, 0.4) is 0 Å². The zero-order valence-corrected chi connectivity index (χ0v) is 14.4. The van der Waals surface area contributed by atoms with E-state index < -0.39 is 11.1 Å². The summed E-state index contributed by atoms with van der Waals surface area (Å²) in [7, 11) is 0. The van der Waals surface area contributed by atoms with Gasteiger partial charge in [0.25, 0.3) is 0 Å². The number of rotatable bonds is 3. The first-order valence-corrected chi connectivity index (χ1v) is 6.96. The summed E-state index contributed by atoms with van der Waals surface area (Å²) >= 11 is 0. The highest BCUT2D eigenvalue weighted by molar-refractivity contribution is 5.14. The molecule has 0 bridgehead atoms. The zero-order chi connectivity index (χ0) is 16.4. The Labute approximate surface area is 123 Å². The molecule has 0 radical (unpaired) electrons. The Balaban J connectivity index is 5.86. The Morgan fingerprint density at radius 3 is 1.35 bits per heavy atom. The predicted octanol–water partition coefficient (Wildman–Crippen LogP) is 4.73. The van der Waals surface area contributed by atoms with Crippen LogP contribution in [-0.4, -0.2) is 11.1 Å². The molecule has 1 unspecified atom stereocenters. The highest BCUT2D eigenvalue weighted by Crippen LogP contribution is 2.48. The Morgan fingerprint density at radius 2 is 1.10 bits per heavy atom. The van der Waals surface area contributed by atoms with E-state index in [0.717, 1.165) is 0 Å². The maximum atomic E-state index is 9.67. The molecule has 4 heteroatoms. The van der Waals surface area contributed by atoms with Crippen LogP contribution in [0.15, 0.2) is 10.2 Å². The molecule has 0 aliphatic rings. The topological polar surface area (TPSA) is 72.3 Å². The van der Waals surface area contributed by atoms with Crippen LogP contribution in [0.4, 0.5) is 0 Å². The number of hydrogen-bond acceptors (Lipinski definition) is 4. The van der Waals surface area contributed by atoms with Gasteiger partial charge >= 0.3 is 0 Å². The van der Waals surface area contributed by atoms with Crippen molar-refractivity contribution in [2.45, 2.75) is 73.4 Å². The molecule has 0 aromatic rings. The quantitative estimate of drug-likeness (QED) is 0.699. The molecule has 0 heterocycles. The van der Waals surface area contributed by atoms with E-state index in [-0.39, 0.29) is 16.7 Å². The van der Waals surface area contributed by atoms with E-state index in [1.807, 2.05) is 6.92 Å². The van der Waals surface area contributed by atoms with Crippen LogP contribution in [0, 0.1) is 39.4 Å². The van der Waals surface area contributed by atoms with Crippen molar-refractivity contribution in [2.75, 3.05) is 0 Å². The first kappa shape index (κ1) is 18.6. The lowest BCUT2D eigenvalue weighted by molar-refractivity contribution is 0.0522. The van der Waals surface area contributed by atoms with E-state index in [9.17, 15) is 5.26 Å². The third kappa shape index (κ3) is 4.60. The van der Waals surface area contributed by atoms with Gasteiger partial charge in [0.2, 0.25) is 0 Å². The summed E-state index contributed by atoms with van der Waals surface area (Å²) < 4.78 is 0. The molecule has 0 spiro atoms. The highest BCUT2D eigenvalue weighted by Gasteiger charge is 2.49. The average Bonchev–Trinajstić information content (AvgIpc) is 2.22. The minimum absolute atomic E-state index is 0.00532. The Bertz CT molecular complexity index is 435. The monoisotopic (exact) mass is 276 g/mol. The van der Waals surface area contributed by atoms with Crippen LogP contribution in [0.2, 0.25) is 0 Å². The fourth-order valence-corrected chi connectivity index (χ4v) is 3.38. The fraction of sp³-hybridized carbons (Fsp3) is 0.875. The molecule has 0 aromatic heterocycles. The summed E-state index contributed by atoms with van der Waals surface area (Å²) in [6.07, 6.45) is 0. The first-order valence-electron chi connectivity index (χ1n) is 6.96. The second kappa shape index (κ2) is 5.52. The van der Waals surface area contributed by atoms with Gasteiger partial charge in [0.05, 0.1) is 12.1 Å². The van der Waals surface area contributed by atoms with Crippen molar-refractivity contribution in [3.05, 3.63) is 0 Å². The Kier molecular flexibility index (Phi) is 5.13. The van der Waals surface area contributed by atoms with Crippen molar-refractivity contribution >= 4 is 0 Å². The second-order valence-electron chi connectivity index (χ2n) is 8.30. The van der Waals surface area contributed by atoms with Crippen molar-refractivity contribution in [1.82, 2.24) is 0 Å². The Morgan fingerprint density at radius 1 is 0.700 bits per heavy atom. The summed E-state index contributed by atoms with van der Waals surface area (Å²) in [5, 5.41) is 27.1. The molecule has 0 rings (SSSR count). The third-order valence-electron chi connectivity index (χ3n) is 3.30. The molecule has 112 valence electrons. The molecular formula is C16H28N4. The summed E-state index contributed by atoms with van der Waals surface area (Å²) in [4.78, 5) is 0. The molecule has 0 saturated carbocycles. The molecule has 0 amide bonds. The summed E-state index contributed by atoms with van der Waals surface area (Å²) in [6.45, 7) is 17.9. The summed E-state index contributed by atoms with van der Waals surface area (Å²) in [5.41, 5.74) is -2.06. The maximum absolute atomic E-state index is 9.67. The van der Waals surface area contributed by atoms with Crippen molar-refractivity contribution < 1.29 is 0 Å². The van der Waals surface area contributed by atoms with Gasteiger partial charge in [-0.2, -0.15) is 20.8 Å². The van der Waals surface area contributed by atoms with Gasteiger partial charge in [0.1, 0.15) is 0 Å². The second-order valence-corrected chi connectivity index (χ2v) is 8.30. The van der Waals surface area contributed by atoms with Gasteiger partial charge < -0.3 is 0 Å². The van der Waals surface area contributed by atoms with Crippen LogP contribution in [0.1, 0.15) is 62.3 Å². The highest BCUT2D eigenvalue weighted by atomic mass is 15.2.